The third-order valence-corrected chi connectivity index (χ3v) is 4.76. The molecule has 1 heterocycles. The van der Waals surface area contributed by atoms with Gasteiger partial charge in [-0.2, -0.15) is 0 Å². The lowest BCUT2D eigenvalue weighted by Gasteiger charge is -2.11. The maximum atomic E-state index is 12.1. The Labute approximate surface area is 178 Å². The minimum Gasteiger partial charge on any atom is -0.508 e. The summed E-state index contributed by atoms with van der Waals surface area (Å²) in [7, 11) is 0. The Kier molecular flexibility index (Phi) is 9.70. The summed E-state index contributed by atoms with van der Waals surface area (Å²) in [4.78, 5) is 16.6. The number of carbonyl (C=O) groups is 1. The average Bonchev–Trinajstić information content (AvgIpc) is 3.21. The van der Waals surface area contributed by atoms with E-state index < -0.39 is 0 Å². The van der Waals surface area contributed by atoms with Crippen molar-refractivity contribution in [1.29, 1.82) is 0 Å². The highest BCUT2D eigenvalue weighted by Gasteiger charge is 2.12. The van der Waals surface area contributed by atoms with Crippen LogP contribution in [0.2, 0.25) is 0 Å². The van der Waals surface area contributed by atoms with E-state index >= 15 is 0 Å². The summed E-state index contributed by atoms with van der Waals surface area (Å²) >= 11 is 0. The quantitative estimate of drug-likeness (QED) is 0.255. The summed E-state index contributed by atoms with van der Waals surface area (Å²) in [6.07, 6.45) is 2.81. The maximum absolute atomic E-state index is 12.1. The van der Waals surface area contributed by atoms with E-state index in [1.165, 1.54) is 12.1 Å². The van der Waals surface area contributed by atoms with E-state index in [9.17, 15) is 9.90 Å². The molecule has 1 aromatic carbocycles. The molecule has 0 atom stereocenters. The molecule has 0 saturated heterocycles. The smallest absolute Gasteiger partial charge is 0.251 e. The molecule has 30 heavy (non-hydrogen) atoms. The number of hydrogen-bond donors (Lipinski definition) is 4. The van der Waals surface area contributed by atoms with E-state index in [1.807, 2.05) is 13.0 Å². The van der Waals surface area contributed by atoms with Crippen molar-refractivity contribution in [2.45, 2.75) is 52.5 Å². The molecule has 0 aliphatic carbocycles. The third-order valence-electron chi connectivity index (χ3n) is 4.76. The third kappa shape index (κ3) is 7.42. The Bertz CT molecular complexity index is 815. The zero-order valence-corrected chi connectivity index (χ0v) is 18.1. The van der Waals surface area contributed by atoms with Crippen molar-refractivity contribution in [3.8, 4) is 5.75 Å². The second-order valence-electron chi connectivity index (χ2n) is 7.01. The molecule has 0 saturated carbocycles. The standard InChI is InChI=1S/C22H33N5O3/c1-4-16(5-2)20-14-19(30-27-20)15-26-22(23-6-3)25-12-8-11-24-21(29)17-9-7-10-18(28)13-17/h7,9-10,13-14,16,28H,4-6,8,11-12,15H2,1-3H3,(H,24,29)(H2,23,25,26). The lowest BCUT2D eigenvalue weighted by molar-refractivity contribution is 0.0953. The van der Waals surface area contributed by atoms with Crippen molar-refractivity contribution in [1.82, 2.24) is 21.1 Å². The van der Waals surface area contributed by atoms with Gasteiger partial charge in [0.05, 0.1) is 5.69 Å². The number of nitrogens with zero attached hydrogens (tertiary/aromatic N) is 2. The molecular weight excluding hydrogens is 382 g/mol. The molecule has 0 spiro atoms. The van der Waals surface area contributed by atoms with Crippen LogP contribution in [0.5, 0.6) is 5.75 Å². The van der Waals surface area contributed by atoms with E-state index in [4.69, 9.17) is 4.52 Å². The van der Waals surface area contributed by atoms with Crippen LogP contribution in [0.3, 0.4) is 0 Å². The number of nitrogens with one attached hydrogen (secondary N) is 3. The number of rotatable bonds is 11. The molecule has 4 N–H and O–H groups in total. The maximum Gasteiger partial charge on any atom is 0.251 e. The van der Waals surface area contributed by atoms with Crippen molar-refractivity contribution in [3.05, 3.63) is 47.3 Å². The van der Waals surface area contributed by atoms with Gasteiger partial charge >= 0.3 is 0 Å². The van der Waals surface area contributed by atoms with Gasteiger partial charge in [-0.3, -0.25) is 4.79 Å². The van der Waals surface area contributed by atoms with E-state index in [1.54, 1.807) is 12.1 Å². The number of hydrogen-bond acceptors (Lipinski definition) is 5. The summed E-state index contributed by atoms with van der Waals surface area (Å²) in [5, 5.41) is 22.9. The first kappa shape index (κ1) is 23.3. The summed E-state index contributed by atoms with van der Waals surface area (Å²) in [6.45, 7) is 8.64. The predicted octanol–water partition coefficient (Wildman–Crippen LogP) is 3.16. The van der Waals surface area contributed by atoms with Crippen LogP contribution in [-0.4, -0.2) is 41.8 Å². The Morgan fingerprint density at radius 3 is 2.60 bits per heavy atom. The molecular formula is C22H33N5O3. The molecule has 0 aliphatic rings. The Morgan fingerprint density at radius 2 is 1.90 bits per heavy atom. The first-order chi connectivity index (χ1) is 14.6. The van der Waals surface area contributed by atoms with Crippen molar-refractivity contribution in [2.24, 2.45) is 4.99 Å². The van der Waals surface area contributed by atoms with Crippen LogP contribution in [-0.2, 0) is 6.54 Å². The van der Waals surface area contributed by atoms with Crippen LogP contribution in [0.15, 0.2) is 39.8 Å². The summed E-state index contributed by atoms with van der Waals surface area (Å²) in [6, 6.07) is 8.28. The number of phenols is 1. The second-order valence-corrected chi connectivity index (χ2v) is 7.01. The average molecular weight is 416 g/mol. The Morgan fingerprint density at radius 1 is 1.13 bits per heavy atom. The SMILES string of the molecule is CCNC(=NCc1cc(C(CC)CC)no1)NCCCNC(=O)c1cccc(O)c1. The molecule has 0 radical (unpaired) electrons. The number of aromatic nitrogens is 1. The fourth-order valence-electron chi connectivity index (χ4n) is 3.05. The number of phenolic OH excluding ortho intramolecular Hbond substituents is 1. The highest BCUT2D eigenvalue weighted by Crippen LogP contribution is 2.22. The zero-order chi connectivity index (χ0) is 21.8. The van der Waals surface area contributed by atoms with Gasteiger partial charge < -0.3 is 25.6 Å². The van der Waals surface area contributed by atoms with Gasteiger partial charge in [0.25, 0.3) is 5.91 Å². The fraction of sp³-hybridized carbons (Fsp3) is 0.500. The zero-order valence-electron chi connectivity index (χ0n) is 18.1. The largest absolute Gasteiger partial charge is 0.508 e. The van der Waals surface area contributed by atoms with Crippen molar-refractivity contribution in [2.75, 3.05) is 19.6 Å². The number of aliphatic imine (C=N–C) groups is 1. The molecule has 1 aromatic heterocycles. The van der Waals surface area contributed by atoms with Gasteiger partial charge in [-0.25, -0.2) is 4.99 Å². The minimum absolute atomic E-state index is 0.0783. The topological polar surface area (TPSA) is 112 Å². The Hall–Kier alpha value is -3.03. The minimum atomic E-state index is -0.204. The number of guanidine groups is 1. The summed E-state index contributed by atoms with van der Waals surface area (Å²) in [5.41, 5.74) is 1.43. The van der Waals surface area contributed by atoms with Crippen LogP contribution in [0.25, 0.3) is 0 Å². The molecule has 0 unspecified atom stereocenters. The molecule has 0 aliphatic heterocycles. The number of aromatic hydroxyl groups is 1. The number of amides is 1. The van der Waals surface area contributed by atoms with Crippen LogP contribution in [0.1, 0.15) is 67.8 Å². The van der Waals surface area contributed by atoms with Gasteiger partial charge in [-0.1, -0.05) is 25.1 Å². The van der Waals surface area contributed by atoms with Crippen LogP contribution in [0.4, 0.5) is 0 Å². The lowest BCUT2D eigenvalue weighted by atomic mass is 9.99. The molecule has 0 bridgehead atoms. The first-order valence-electron chi connectivity index (χ1n) is 10.6. The van der Waals surface area contributed by atoms with Gasteiger partial charge in [0.1, 0.15) is 12.3 Å². The van der Waals surface area contributed by atoms with E-state index in [2.05, 4.69) is 39.9 Å². The van der Waals surface area contributed by atoms with Crippen LogP contribution < -0.4 is 16.0 Å². The normalized spacial score (nSPS) is 11.5. The van der Waals surface area contributed by atoms with Gasteiger partial charge in [0, 0.05) is 37.2 Å². The lowest BCUT2D eigenvalue weighted by Crippen LogP contribution is -2.38. The first-order valence-corrected chi connectivity index (χ1v) is 10.6. The van der Waals surface area contributed by atoms with Crippen molar-refractivity contribution < 1.29 is 14.4 Å². The van der Waals surface area contributed by atoms with E-state index in [0.29, 0.717) is 37.1 Å². The number of benzene rings is 1. The highest BCUT2D eigenvalue weighted by molar-refractivity contribution is 5.94. The summed E-state index contributed by atoms with van der Waals surface area (Å²) in [5.74, 6) is 1.73. The molecule has 1 amide bonds. The van der Waals surface area contributed by atoms with Crippen LogP contribution >= 0.6 is 0 Å². The molecule has 8 heteroatoms. The monoisotopic (exact) mass is 415 g/mol. The van der Waals surface area contributed by atoms with Gasteiger partial charge in [-0.15, -0.1) is 0 Å². The van der Waals surface area contributed by atoms with E-state index in [-0.39, 0.29) is 11.7 Å². The van der Waals surface area contributed by atoms with Crippen molar-refractivity contribution >= 4 is 11.9 Å². The van der Waals surface area contributed by atoms with Gasteiger partial charge in [0.2, 0.25) is 0 Å². The van der Waals surface area contributed by atoms with Crippen molar-refractivity contribution in [3.63, 3.8) is 0 Å². The van der Waals surface area contributed by atoms with Crippen LogP contribution in [0, 0.1) is 0 Å². The number of carbonyl (C=O) groups excluding carboxylic acids is 1. The van der Waals surface area contributed by atoms with Gasteiger partial charge in [0.15, 0.2) is 11.7 Å². The van der Waals surface area contributed by atoms with E-state index in [0.717, 1.165) is 37.3 Å². The predicted molar refractivity (Wildman–Crippen MR) is 118 cm³/mol. The molecule has 2 aromatic rings. The molecule has 0 fully saturated rings. The highest BCUT2D eigenvalue weighted by atomic mass is 16.5. The molecule has 8 nitrogen and oxygen atoms in total. The Balaban J connectivity index is 1.76. The second kappa shape index (κ2) is 12.5. The molecule has 164 valence electrons. The summed E-state index contributed by atoms with van der Waals surface area (Å²) < 4.78 is 5.42. The fourth-order valence-corrected chi connectivity index (χ4v) is 3.05. The molecule has 2 rings (SSSR count). The van der Waals surface area contributed by atoms with Gasteiger partial charge in [-0.05, 0) is 44.4 Å².